The van der Waals surface area contributed by atoms with E-state index >= 15 is 0 Å². The fourth-order valence-electron chi connectivity index (χ4n) is 5.77. The first kappa shape index (κ1) is 31.8. The van der Waals surface area contributed by atoms with Gasteiger partial charge in [0.2, 0.25) is 0 Å². The second-order valence-electron chi connectivity index (χ2n) is 11.2. The number of aliphatic carboxylic acids is 1. The Morgan fingerprint density at radius 2 is 1.85 bits per heavy atom. The number of unbranched alkanes of at least 4 members (excludes halogenated alkanes) is 1. The SMILES string of the molecule is CC#CCCC(C)[C@@H](/C=C/[C@@H]1[C@@H](C/C=C\CCCC(=O)O)[C@@H](O)C[C@H]1OC1CCCCO1)OC1CCCCO1. The number of hydrogen-bond acceptors (Lipinski definition) is 6. The van der Waals surface area contributed by atoms with Gasteiger partial charge in [-0.3, -0.25) is 4.79 Å². The van der Waals surface area contributed by atoms with Crippen LogP contribution in [-0.2, 0) is 23.7 Å². The summed E-state index contributed by atoms with van der Waals surface area (Å²) in [5.74, 6) is 5.70. The molecule has 7 nitrogen and oxygen atoms in total. The highest BCUT2D eigenvalue weighted by molar-refractivity contribution is 5.66. The summed E-state index contributed by atoms with van der Waals surface area (Å²) in [5.41, 5.74) is 0. The van der Waals surface area contributed by atoms with Gasteiger partial charge in [0.25, 0.3) is 0 Å². The molecule has 3 aliphatic rings. The highest BCUT2D eigenvalue weighted by Crippen LogP contribution is 2.40. The zero-order chi connectivity index (χ0) is 27.9. The number of aliphatic hydroxyl groups is 1. The second-order valence-corrected chi connectivity index (χ2v) is 11.2. The Bertz CT molecular complexity index is 816. The van der Waals surface area contributed by atoms with Gasteiger partial charge >= 0.3 is 5.97 Å². The third kappa shape index (κ3) is 11.4. The van der Waals surface area contributed by atoms with Crippen molar-refractivity contribution < 1.29 is 34.0 Å². The van der Waals surface area contributed by atoms with Crippen LogP contribution in [0.25, 0.3) is 0 Å². The lowest BCUT2D eigenvalue weighted by molar-refractivity contribution is -0.193. The number of aliphatic hydroxyl groups excluding tert-OH is 1. The molecule has 0 aromatic carbocycles. The fraction of sp³-hybridized carbons (Fsp3) is 0.781. The van der Waals surface area contributed by atoms with Crippen LogP contribution in [0.15, 0.2) is 24.3 Å². The molecule has 1 aliphatic carbocycles. The smallest absolute Gasteiger partial charge is 0.303 e. The van der Waals surface area contributed by atoms with E-state index in [2.05, 4.69) is 37.0 Å². The molecule has 2 N–H and O–H groups in total. The van der Waals surface area contributed by atoms with E-state index < -0.39 is 12.1 Å². The molecule has 1 saturated carbocycles. The number of rotatable bonds is 15. The molecule has 3 rings (SSSR count). The normalized spacial score (nSPS) is 31.3. The summed E-state index contributed by atoms with van der Waals surface area (Å²) in [6, 6.07) is 0. The number of hydrogen-bond donors (Lipinski definition) is 2. The minimum atomic E-state index is -0.767. The van der Waals surface area contributed by atoms with Crippen molar-refractivity contribution in [3.63, 3.8) is 0 Å². The molecule has 39 heavy (non-hydrogen) atoms. The van der Waals surface area contributed by atoms with E-state index in [0.29, 0.717) is 19.3 Å². The molecule has 7 heteroatoms. The molecule has 0 bridgehead atoms. The second kappa shape index (κ2) is 17.9. The van der Waals surface area contributed by atoms with Gasteiger partial charge in [0.1, 0.15) is 0 Å². The van der Waals surface area contributed by atoms with Gasteiger partial charge in [-0.25, -0.2) is 0 Å². The number of carboxylic acids is 1. The molecule has 0 radical (unpaired) electrons. The lowest BCUT2D eigenvalue weighted by Gasteiger charge is -2.31. The summed E-state index contributed by atoms with van der Waals surface area (Å²) in [5, 5.41) is 19.9. The molecule has 2 saturated heterocycles. The van der Waals surface area contributed by atoms with Gasteiger partial charge in [0.05, 0.1) is 18.3 Å². The summed E-state index contributed by atoms with van der Waals surface area (Å²) in [6.07, 6.45) is 18.1. The first-order valence-electron chi connectivity index (χ1n) is 15.1. The van der Waals surface area contributed by atoms with Crippen molar-refractivity contribution in [1.82, 2.24) is 0 Å². The van der Waals surface area contributed by atoms with E-state index in [1.54, 1.807) is 0 Å². The predicted octanol–water partition coefficient (Wildman–Crippen LogP) is 6.00. The Kier molecular flexibility index (Phi) is 14.6. The number of carboxylic acid groups (broad SMARTS) is 1. The molecule has 2 heterocycles. The first-order valence-corrected chi connectivity index (χ1v) is 15.1. The molecule has 2 aliphatic heterocycles. The Morgan fingerprint density at radius 3 is 2.51 bits per heavy atom. The monoisotopic (exact) mass is 546 g/mol. The number of allylic oxidation sites excluding steroid dienone is 2. The molecular formula is C32H50O7. The van der Waals surface area contributed by atoms with E-state index in [1.165, 1.54) is 0 Å². The van der Waals surface area contributed by atoms with Crippen molar-refractivity contribution in [3.8, 4) is 11.8 Å². The Morgan fingerprint density at radius 1 is 1.10 bits per heavy atom. The summed E-state index contributed by atoms with van der Waals surface area (Å²) >= 11 is 0. The predicted molar refractivity (Wildman–Crippen MR) is 151 cm³/mol. The number of ether oxygens (including phenoxy) is 4. The van der Waals surface area contributed by atoms with E-state index in [1.807, 2.05) is 13.0 Å². The van der Waals surface area contributed by atoms with Crippen LogP contribution in [0.3, 0.4) is 0 Å². The summed E-state index contributed by atoms with van der Waals surface area (Å²) in [7, 11) is 0. The zero-order valence-corrected chi connectivity index (χ0v) is 24.0. The van der Waals surface area contributed by atoms with Crippen LogP contribution in [0.4, 0.5) is 0 Å². The molecule has 0 spiro atoms. The van der Waals surface area contributed by atoms with Crippen LogP contribution in [0, 0.1) is 29.6 Å². The van der Waals surface area contributed by atoms with Crippen molar-refractivity contribution in [2.45, 2.75) is 128 Å². The van der Waals surface area contributed by atoms with Gasteiger partial charge in [0, 0.05) is 38.4 Å². The molecule has 3 fully saturated rings. The maximum absolute atomic E-state index is 11.1. The van der Waals surface area contributed by atoms with Gasteiger partial charge in [0.15, 0.2) is 12.6 Å². The minimum Gasteiger partial charge on any atom is -0.481 e. The fourth-order valence-corrected chi connectivity index (χ4v) is 5.77. The largest absolute Gasteiger partial charge is 0.481 e. The minimum absolute atomic E-state index is 0.0124. The van der Waals surface area contributed by atoms with Crippen LogP contribution in [0.1, 0.15) is 97.3 Å². The third-order valence-electron chi connectivity index (χ3n) is 8.12. The lowest BCUT2D eigenvalue weighted by atomic mass is 9.88. The van der Waals surface area contributed by atoms with Gasteiger partial charge in [-0.15, -0.1) is 11.8 Å². The Labute approximate surface area is 235 Å². The van der Waals surface area contributed by atoms with E-state index in [-0.39, 0.29) is 49.0 Å². The van der Waals surface area contributed by atoms with Crippen LogP contribution in [0.5, 0.6) is 0 Å². The molecule has 3 unspecified atom stereocenters. The average molecular weight is 547 g/mol. The topological polar surface area (TPSA) is 94.5 Å². The van der Waals surface area contributed by atoms with E-state index in [0.717, 1.165) is 71.0 Å². The maximum Gasteiger partial charge on any atom is 0.303 e. The molecule has 0 amide bonds. The van der Waals surface area contributed by atoms with Crippen molar-refractivity contribution in [3.05, 3.63) is 24.3 Å². The highest BCUT2D eigenvalue weighted by atomic mass is 16.7. The molecule has 220 valence electrons. The van der Waals surface area contributed by atoms with Gasteiger partial charge in [-0.1, -0.05) is 31.2 Å². The van der Waals surface area contributed by atoms with E-state index in [9.17, 15) is 9.90 Å². The Balaban J connectivity index is 1.72. The standard InChI is InChI=1S/C32H50O7/c1-3-4-7-14-24(2)28(38-31-17-10-12-21-36-31)20-19-26-25(15-8-5-6-9-16-30(34)35)27(33)23-29(26)39-32-18-11-13-22-37-32/h5,8,19-20,24-29,31-33H,6-7,9-18,21-23H2,1-2H3,(H,34,35)/b8-5-,20-19+/t24?,25-,26-,27+,28-,29-,31?,32?/m1/s1. The van der Waals surface area contributed by atoms with Crippen molar-refractivity contribution in [2.75, 3.05) is 13.2 Å². The highest BCUT2D eigenvalue weighted by Gasteiger charge is 2.42. The maximum atomic E-state index is 11.1. The summed E-state index contributed by atoms with van der Waals surface area (Å²) in [6.45, 7) is 5.54. The summed E-state index contributed by atoms with van der Waals surface area (Å²) < 4.78 is 24.7. The van der Waals surface area contributed by atoms with Gasteiger partial charge in [-0.05, 0) is 83.0 Å². The van der Waals surface area contributed by atoms with Crippen LogP contribution in [-0.4, -0.2) is 60.3 Å². The molecule has 0 aromatic rings. The zero-order valence-electron chi connectivity index (χ0n) is 24.0. The quantitative estimate of drug-likeness (QED) is 0.148. The summed E-state index contributed by atoms with van der Waals surface area (Å²) in [4.78, 5) is 10.8. The average Bonchev–Trinajstić information content (AvgIpc) is 3.22. The third-order valence-corrected chi connectivity index (χ3v) is 8.12. The molecular weight excluding hydrogens is 496 g/mol. The van der Waals surface area contributed by atoms with Crippen molar-refractivity contribution in [1.29, 1.82) is 0 Å². The number of carbonyl (C=O) groups is 1. The molecule has 0 aromatic heterocycles. The molecule has 8 atom stereocenters. The lowest BCUT2D eigenvalue weighted by Crippen LogP contribution is -2.32. The van der Waals surface area contributed by atoms with Crippen LogP contribution in [0.2, 0.25) is 0 Å². The van der Waals surface area contributed by atoms with Gasteiger partial charge < -0.3 is 29.2 Å². The van der Waals surface area contributed by atoms with Crippen molar-refractivity contribution in [2.24, 2.45) is 17.8 Å². The van der Waals surface area contributed by atoms with Crippen LogP contribution >= 0.6 is 0 Å². The Hall–Kier alpha value is -1.69. The van der Waals surface area contributed by atoms with Gasteiger partial charge in [-0.2, -0.15) is 0 Å². The van der Waals surface area contributed by atoms with E-state index in [4.69, 9.17) is 24.1 Å². The van der Waals surface area contributed by atoms with Crippen molar-refractivity contribution >= 4 is 5.97 Å². The first-order chi connectivity index (χ1) is 19.0. The van der Waals surface area contributed by atoms with Crippen LogP contribution < -0.4 is 0 Å².